The van der Waals surface area contributed by atoms with Crippen LogP contribution >= 0.6 is 0 Å². The number of amides is 12. The van der Waals surface area contributed by atoms with Gasteiger partial charge in [0.1, 0.15) is 65.9 Å². The molecule has 1 saturated heterocycles. The molecule has 1 fully saturated rings. The summed E-state index contributed by atoms with van der Waals surface area (Å²) in [7, 11) is 0. The first-order valence-corrected chi connectivity index (χ1v) is 36.4. The molecule has 6 aromatic carbocycles. The molecule has 0 saturated carbocycles. The summed E-state index contributed by atoms with van der Waals surface area (Å²) in [6.45, 7) is 1.83. The fourth-order valence-corrected chi connectivity index (χ4v) is 12.9. The number of nitrogens with zero attached hydrogens (tertiary/aromatic N) is 3. The second kappa shape index (κ2) is 39.1. The van der Waals surface area contributed by atoms with Crippen molar-refractivity contribution in [3.63, 3.8) is 0 Å². The summed E-state index contributed by atoms with van der Waals surface area (Å²) in [5.41, 5.74) is 30.6. The van der Waals surface area contributed by atoms with Crippen LogP contribution in [0.5, 0.6) is 11.5 Å². The molecule has 8 aromatic rings. The minimum absolute atomic E-state index is 0.0214. The Balaban J connectivity index is 1.21. The van der Waals surface area contributed by atoms with Gasteiger partial charge in [0.25, 0.3) is 0 Å². The topological polar surface area (TPSA) is 581 Å². The molecule has 598 valence electrons. The highest BCUT2D eigenvalue weighted by atomic mass is 16.4. The van der Waals surface area contributed by atoms with Gasteiger partial charge < -0.3 is 102 Å². The molecule has 0 radical (unpaired) electrons. The Labute approximate surface area is 653 Å². The van der Waals surface area contributed by atoms with Gasteiger partial charge in [-0.3, -0.25) is 67.4 Å². The maximum atomic E-state index is 16.0. The lowest BCUT2D eigenvalue weighted by molar-refractivity contribution is -0.168. The number of aromatic hydroxyl groups is 2. The minimum Gasteiger partial charge on any atom is -0.508 e. The number of aromatic amines is 2. The highest BCUT2D eigenvalue weighted by Gasteiger charge is 2.51. The van der Waals surface area contributed by atoms with Gasteiger partial charge in [-0.15, -0.1) is 0 Å². The van der Waals surface area contributed by atoms with E-state index in [4.69, 9.17) is 28.7 Å². The molecule has 0 aliphatic carbocycles. The Morgan fingerprint density at radius 2 is 1.06 bits per heavy atom. The summed E-state index contributed by atoms with van der Waals surface area (Å²) in [5.74, 6) is -17.4. The van der Waals surface area contributed by atoms with Gasteiger partial charge in [-0.05, 0) is 102 Å². The molecule has 2 aromatic heterocycles. The summed E-state index contributed by atoms with van der Waals surface area (Å²) in [6.07, 6.45) is -1.03. The average Bonchev–Trinajstić information content (AvgIpc) is 1.40. The number of aliphatic carboxylic acids is 1. The smallest absolute Gasteiger partial charge is 0.350 e. The zero-order chi connectivity index (χ0) is 82.3. The van der Waals surface area contributed by atoms with Crippen molar-refractivity contribution in [1.82, 2.24) is 67.7 Å². The molecular weight excluding hydrogens is 1470 g/mol. The number of phenolic OH excluding ortho intramolecular Hbond substituents is 2. The Morgan fingerprint density at radius 1 is 0.561 bits per heavy atom. The van der Waals surface area contributed by atoms with Crippen molar-refractivity contribution in [2.24, 2.45) is 33.7 Å². The number of nitrogens with two attached hydrogens (primary N) is 5. The van der Waals surface area contributed by atoms with Gasteiger partial charge in [0.05, 0.1) is 30.9 Å². The predicted molar refractivity (Wildman–Crippen MR) is 415 cm³/mol. The summed E-state index contributed by atoms with van der Waals surface area (Å²) in [6, 6.07) is 23.0. The Bertz CT molecular complexity index is 4800. The number of fused-ring (bicyclic) bond motifs is 1. The highest BCUT2D eigenvalue weighted by Crippen LogP contribution is 2.26. The maximum Gasteiger partial charge on any atom is 0.350 e. The first-order chi connectivity index (χ1) is 54.4. The number of carboxylic acid groups (broad SMARTS) is 1. The Morgan fingerprint density at radius 3 is 1.65 bits per heavy atom. The van der Waals surface area contributed by atoms with Gasteiger partial charge in [0, 0.05) is 61.9 Å². The van der Waals surface area contributed by atoms with Crippen molar-refractivity contribution in [2.45, 2.75) is 144 Å². The molecule has 12 amide bonds. The number of H-pyrrole nitrogens is 2. The van der Waals surface area contributed by atoms with Crippen LogP contribution in [0, 0.1) is 0 Å². The van der Waals surface area contributed by atoms with Gasteiger partial charge in [0.15, 0.2) is 5.96 Å². The van der Waals surface area contributed by atoms with Gasteiger partial charge >= 0.3 is 5.97 Å². The zero-order valence-electron chi connectivity index (χ0n) is 62.2. The number of phenols is 2. The standard InChI is InChI=1S/C79H91N19O16/c1-43-68(104)91-59(33-44-12-5-3-6-13-44)76(112)97-79(2,77(113)114)98(64(67(82)103)35-47-23-29-53(100)30-24-47)66(102)39-63(92-69(105)55(80)32-45-21-27-52(99)28-22-45)75(111)95-61(37-51-41-85-42-88-51)74(110)93-58(34-46-19-25-49(26-20-46)48-14-7-4-8-15-48)72(108)90-57(18-11-31-86-78(83)84)70(106)94-60(36-50-40-87-56-17-10-9-16-54(50)56)73(109)96-62(38-65(81)101)71(107)89-43/h3-10,12-17,19-30,40-43,55,57-64,87,99-100H,11,18,31-39,80H2,1-2H3,(H2,81,101)(H2,82,103)(H,85,88)(H,89,107)(H,90,108)(H,91,104)(H,92,105)(H,93,110)(H,94,106)(H,95,111)(H,96,109)(H,97,112)(H,113,114)(H4,83,84,86)/t43-,55-,57-,58+,59-,60-,61-,62-,63-,64-,79-/m0/s1. The quantitative estimate of drug-likeness (QED) is 0.0194. The molecule has 35 nitrogen and oxygen atoms in total. The normalized spacial score (nSPS) is 21.3. The first kappa shape index (κ1) is 84.0. The molecule has 1 aliphatic rings. The number of guanidine groups is 1. The first-order valence-electron chi connectivity index (χ1n) is 36.4. The van der Waals surface area contributed by atoms with Crippen molar-refractivity contribution < 1.29 is 77.6 Å². The van der Waals surface area contributed by atoms with Crippen LogP contribution in [-0.4, -0.2) is 191 Å². The number of aromatic nitrogens is 3. The van der Waals surface area contributed by atoms with E-state index < -0.39 is 175 Å². The molecule has 9 rings (SSSR count). The number of para-hydroxylation sites is 1. The fraction of sp³-hybridized carbons (Fsp3) is 0.304. The SMILES string of the molecule is C[C@@H]1NC(=O)[C@H](CC(N)=O)NC(=O)[C@H](Cc2c[nH]c3ccccc23)NC(=O)[C@H](CCCN=C(N)N)NC(=O)[C@@H](Cc2ccc(-c3ccccc3)cc2)NC(=O)[C@H](Cc2c[nH]cn2)NC(=O)[C@@H](NC(=O)[C@@H](N)Cc2ccc(O)cc2)CC(=O)N([C@@H](Cc2ccc(O)cc2)C(N)=O)[C@@](C)(C(=O)O)NC(=O)[C@H](Cc2ccccc2)NC1=O. The number of carbonyl (C=O) groups is 13. The van der Waals surface area contributed by atoms with E-state index in [1.165, 1.54) is 73.2 Å². The van der Waals surface area contributed by atoms with Crippen LogP contribution in [0.25, 0.3) is 22.0 Å². The van der Waals surface area contributed by atoms with Crippen molar-refractivity contribution in [2.75, 3.05) is 6.54 Å². The van der Waals surface area contributed by atoms with Gasteiger partial charge in [0.2, 0.25) is 76.5 Å². The number of carbonyl (C=O) groups excluding carboxylic acids is 12. The lowest BCUT2D eigenvalue weighted by Crippen LogP contribution is -2.72. The van der Waals surface area contributed by atoms with Crippen molar-refractivity contribution in [1.29, 1.82) is 0 Å². The second-order valence-electron chi connectivity index (χ2n) is 27.7. The molecular formula is C79H91N19O16. The van der Waals surface area contributed by atoms with Crippen molar-refractivity contribution in [3.05, 3.63) is 210 Å². The van der Waals surface area contributed by atoms with Gasteiger partial charge in [-0.1, -0.05) is 127 Å². The third-order valence-electron chi connectivity index (χ3n) is 19.0. The number of benzene rings is 6. The highest BCUT2D eigenvalue weighted by molar-refractivity contribution is 6.02. The van der Waals surface area contributed by atoms with Crippen LogP contribution in [0.15, 0.2) is 181 Å². The number of nitrogens with one attached hydrogen (secondary N) is 11. The van der Waals surface area contributed by atoms with E-state index in [-0.39, 0.29) is 67.4 Å². The van der Waals surface area contributed by atoms with E-state index in [1.807, 2.05) is 30.3 Å². The number of aliphatic imine (C=N–C) groups is 1. The van der Waals surface area contributed by atoms with Crippen LogP contribution in [0.3, 0.4) is 0 Å². The molecule has 0 unspecified atom stereocenters. The Kier molecular flexibility index (Phi) is 28.8. The lowest BCUT2D eigenvalue weighted by atomic mass is 9.97. The molecule has 11 atom stereocenters. The largest absolute Gasteiger partial charge is 0.508 e. The van der Waals surface area contributed by atoms with Gasteiger partial charge in [-0.2, -0.15) is 0 Å². The van der Waals surface area contributed by atoms with Crippen LogP contribution < -0.4 is 76.5 Å². The zero-order valence-corrected chi connectivity index (χ0v) is 62.2. The molecule has 35 heteroatoms. The van der Waals surface area contributed by atoms with Crippen LogP contribution in [0.4, 0.5) is 0 Å². The minimum atomic E-state index is -3.20. The second-order valence-corrected chi connectivity index (χ2v) is 27.7. The van der Waals surface area contributed by atoms with Crippen molar-refractivity contribution in [3.8, 4) is 22.6 Å². The molecule has 24 N–H and O–H groups in total. The number of rotatable bonds is 24. The monoisotopic (exact) mass is 1560 g/mol. The third-order valence-corrected chi connectivity index (χ3v) is 19.0. The molecule has 0 spiro atoms. The van der Waals surface area contributed by atoms with E-state index in [2.05, 4.69) is 67.8 Å². The number of imidazole rings is 1. The fourth-order valence-electron chi connectivity index (χ4n) is 12.9. The van der Waals surface area contributed by atoms with E-state index in [0.29, 0.717) is 38.1 Å². The Hall–Kier alpha value is -14.0. The summed E-state index contributed by atoms with van der Waals surface area (Å²) in [5, 5.41) is 55.5. The number of hydrogen-bond acceptors (Lipinski definition) is 18. The van der Waals surface area contributed by atoms with Crippen LogP contribution in [-0.2, 0) is 101 Å². The third kappa shape index (κ3) is 23.3. The molecule has 0 bridgehead atoms. The van der Waals surface area contributed by atoms with E-state index in [9.17, 15) is 44.1 Å². The summed E-state index contributed by atoms with van der Waals surface area (Å²) in [4.78, 5) is 208. The van der Waals surface area contributed by atoms with Crippen LogP contribution in [0.1, 0.15) is 73.0 Å². The molecule has 1 aliphatic heterocycles. The summed E-state index contributed by atoms with van der Waals surface area (Å²) >= 11 is 0. The van der Waals surface area contributed by atoms with Crippen molar-refractivity contribution >= 4 is 93.7 Å². The van der Waals surface area contributed by atoms with E-state index >= 15 is 33.6 Å². The molecule has 114 heavy (non-hydrogen) atoms. The maximum absolute atomic E-state index is 16.0. The predicted octanol–water partition coefficient (Wildman–Crippen LogP) is -1.12. The van der Waals surface area contributed by atoms with E-state index in [1.54, 1.807) is 72.9 Å². The number of primary amides is 2. The van der Waals surface area contributed by atoms with Gasteiger partial charge in [-0.25, -0.2) is 9.78 Å². The van der Waals surface area contributed by atoms with Crippen LogP contribution in [0.2, 0.25) is 0 Å². The average molecular weight is 1560 g/mol. The lowest BCUT2D eigenvalue weighted by Gasteiger charge is -2.43. The summed E-state index contributed by atoms with van der Waals surface area (Å²) < 4.78 is 0. The number of hydrogen-bond donors (Lipinski definition) is 19. The van der Waals surface area contributed by atoms with E-state index in [0.717, 1.165) is 25.0 Å². The number of carboxylic acids is 1. The molecule has 3 heterocycles.